The molecular weight excluding hydrogens is 459 g/mol. The molecule has 0 unspecified atom stereocenters. The van der Waals surface area contributed by atoms with Gasteiger partial charge in [0.15, 0.2) is 0 Å². The molecule has 2 aliphatic heterocycles. The Morgan fingerprint density at radius 1 is 0.909 bits per heavy atom. The van der Waals surface area contributed by atoms with E-state index in [1.54, 1.807) is 24.5 Å². The summed E-state index contributed by atoms with van der Waals surface area (Å²) in [6.45, 7) is 3.27. The molecule has 0 bridgehead atoms. The summed E-state index contributed by atoms with van der Waals surface area (Å²) >= 11 is 1.51. The van der Waals surface area contributed by atoms with Crippen LogP contribution in [0.25, 0.3) is 0 Å². The zero-order chi connectivity index (χ0) is 24.1. The van der Waals surface area contributed by atoms with E-state index in [0.29, 0.717) is 11.0 Å². The lowest BCUT2D eigenvalue weighted by Gasteiger charge is -2.46. The third kappa shape index (κ3) is 6.31. The van der Waals surface area contributed by atoms with Crippen molar-refractivity contribution in [1.82, 2.24) is 14.8 Å². The van der Waals surface area contributed by atoms with E-state index in [4.69, 9.17) is 9.90 Å². The maximum Gasteiger partial charge on any atom is 0.490 e. The molecule has 0 saturated carbocycles. The Morgan fingerprint density at radius 3 is 1.82 bits per heavy atom. The van der Waals surface area contributed by atoms with Gasteiger partial charge >= 0.3 is 12.1 Å². The third-order valence-electron chi connectivity index (χ3n) is 6.12. The number of carbonyl (C=O) groups is 3. The van der Waals surface area contributed by atoms with Crippen LogP contribution in [0.2, 0.25) is 0 Å². The second-order valence-corrected chi connectivity index (χ2v) is 9.05. The molecule has 33 heavy (non-hydrogen) atoms. The van der Waals surface area contributed by atoms with Gasteiger partial charge in [0.2, 0.25) is 0 Å². The minimum Gasteiger partial charge on any atom is -0.475 e. The number of pyridine rings is 1. The van der Waals surface area contributed by atoms with Crippen LogP contribution in [0.4, 0.5) is 13.2 Å². The maximum absolute atomic E-state index is 12.6. The summed E-state index contributed by atoms with van der Waals surface area (Å²) < 4.78 is 31.7. The van der Waals surface area contributed by atoms with E-state index in [1.807, 2.05) is 27.3 Å². The van der Waals surface area contributed by atoms with Gasteiger partial charge in [-0.15, -0.1) is 11.3 Å². The van der Waals surface area contributed by atoms with Crippen molar-refractivity contribution in [2.45, 2.75) is 31.9 Å². The molecule has 1 N–H and O–H groups in total. The standard InChI is InChI=1S/C20H23N3O2S.C2HF3O2/c24-18(16-3-9-21-10-4-16)22-11-5-20(6-12-22)7-13-23(14-8-20)19(25)17-2-1-15-26-17;3-2(4,5)1(6)7/h1-4,9-10,15H,5-8,11-14H2;(H,6,7). The van der Waals surface area contributed by atoms with Crippen molar-refractivity contribution in [2.75, 3.05) is 26.2 Å². The average Bonchev–Trinajstić information content (AvgIpc) is 3.35. The highest BCUT2D eigenvalue weighted by atomic mass is 32.1. The van der Waals surface area contributed by atoms with Gasteiger partial charge in [-0.2, -0.15) is 13.2 Å². The molecule has 0 aliphatic carbocycles. The van der Waals surface area contributed by atoms with Crippen LogP contribution in [0.5, 0.6) is 0 Å². The molecule has 0 atom stereocenters. The molecule has 11 heteroatoms. The SMILES string of the molecule is O=C(O)C(F)(F)F.O=C(c1ccncc1)N1CCC2(CC1)CCN(C(=O)c1cccs1)CC2. The predicted molar refractivity (Wildman–Crippen MR) is 115 cm³/mol. The van der Waals surface area contributed by atoms with E-state index >= 15 is 0 Å². The van der Waals surface area contributed by atoms with Crippen LogP contribution < -0.4 is 0 Å². The quantitative estimate of drug-likeness (QED) is 0.699. The van der Waals surface area contributed by atoms with Crippen LogP contribution in [-0.4, -0.2) is 70.0 Å². The van der Waals surface area contributed by atoms with Gasteiger partial charge in [-0.25, -0.2) is 4.79 Å². The third-order valence-corrected chi connectivity index (χ3v) is 6.98. The molecule has 2 amide bonds. The summed E-state index contributed by atoms with van der Waals surface area (Å²) in [7, 11) is 0. The summed E-state index contributed by atoms with van der Waals surface area (Å²) in [6, 6.07) is 7.39. The van der Waals surface area contributed by atoms with Crippen molar-refractivity contribution in [1.29, 1.82) is 0 Å². The largest absolute Gasteiger partial charge is 0.490 e. The van der Waals surface area contributed by atoms with Crippen molar-refractivity contribution < 1.29 is 32.7 Å². The normalized spacial score (nSPS) is 17.8. The zero-order valence-corrected chi connectivity index (χ0v) is 18.6. The molecule has 2 aliphatic rings. The maximum atomic E-state index is 12.6. The summed E-state index contributed by atoms with van der Waals surface area (Å²) in [4.78, 5) is 42.8. The van der Waals surface area contributed by atoms with E-state index in [2.05, 4.69) is 4.98 Å². The van der Waals surface area contributed by atoms with Crippen molar-refractivity contribution >= 4 is 29.1 Å². The summed E-state index contributed by atoms with van der Waals surface area (Å²) in [5.41, 5.74) is 1.01. The van der Waals surface area contributed by atoms with E-state index in [1.165, 1.54) is 11.3 Å². The predicted octanol–water partition coefficient (Wildman–Crippen LogP) is 3.94. The van der Waals surface area contributed by atoms with Crippen LogP contribution in [0, 0.1) is 5.41 Å². The number of carbonyl (C=O) groups excluding carboxylic acids is 2. The number of amides is 2. The first kappa shape index (κ1) is 24.7. The second kappa shape index (κ2) is 10.3. The molecule has 1 spiro atoms. The van der Waals surface area contributed by atoms with E-state index < -0.39 is 12.1 Å². The number of carboxylic acid groups (broad SMARTS) is 1. The number of alkyl halides is 3. The highest BCUT2D eigenvalue weighted by Crippen LogP contribution is 2.41. The molecule has 0 radical (unpaired) electrons. The number of halogens is 3. The lowest BCUT2D eigenvalue weighted by Crippen LogP contribution is -2.49. The molecule has 0 aromatic carbocycles. The van der Waals surface area contributed by atoms with Crippen LogP contribution in [-0.2, 0) is 4.79 Å². The number of piperidine rings is 2. The summed E-state index contributed by atoms with van der Waals surface area (Å²) in [5, 5.41) is 9.08. The van der Waals surface area contributed by atoms with Gasteiger partial charge < -0.3 is 14.9 Å². The topological polar surface area (TPSA) is 90.8 Å². The minimum atomic E-state index is -5.08. The fraction of sp³-hybridized carbons (Fsp3) is 0.455. The average molecular weight is 484 g/mol. The Hall–Kier alpha value is -2.95. The van der Waals surface area contributed by atoms with Crippen molar-refractivity contribution in [3.63, 3.8) is 0 Å². The molecule has 2 aromatic heterocycles. The molecule has 2 saturated heterocycles. The Kier molecular flexibility index (Phi) is 7.72. The van der Waals surface area contributed by atoms with E-state index in [-0.39, 0.29) is 11.8 Å². The first-order chi connectivity index (χ1) is 15.6. The van der Waals surface area contributed by atoms with Crippen molar-refractivity contribution in [3.8, 4) is 0 Å². The first-order valence-electron chi connectivity index (χ1n) is 10.4. The van der Waals surface area contributed by atoms with Gasteiger partial charge in [-0.3, -0.25) is 14.6 Å². The number of aromatic nitrogens is 1. The molecular formula is C22H24F3N3O4S. The highest BCUT2D eigenvalue weighted by molar-refractivity contribution is 7.12. The molecule has 2 aromatic rings. The Morgan fingerprint density at radius 2 is 1.39 bits per heavy atom. The van der Waals surface area contributed by atoms with E-state index in [9.17, 15) is 22.8 Å². The zero-order valence-electron chi connectivity index (χ0n) is 17.8. The highest BCUT2D eigenvalue weighted by Gasteiger charge is 2.40. The monoisotopic (exact) mass is 483 g/mol. The minimum absolute atomic E-state index is 0.104. The summed E-state index contributed by atoms with van der Waals surface area (Å²) in [5.74, 6) is -2.49. The Balaban J connectivity index is 0.000000383. The van der Waals surface area contributed by atoms with Crippen LogP contribution in [0.3, 0.4) is 0 Å². The fourth-order valence-electron chi connectivity index (χ4n) is 4.10. The molecule has 2 fully saturated rings. The van der Waals surface area contributed by atoms with Crippen molar-refractivity contribution in [3.05, 3.63) is 52.5 Å². The van der Waals surface area contributed by atoms with Gasteiger partial charge in [0.25, 0.3) is 11.8 Å². The molecule has 178 valence electrons. The van der Waals surface area contributed by atoms with E-state index in [0.717, 1.165) is 56.7 Å². The lowest BCUT2D eigenvalue weighted by atomic mass is 9.71. The number of likely N-dealkylation sites (tertiary alicyclic amines) is 2. The smallest absolute Gasteiger partial charge is 0.475 e. The number of carboxylic acids is 1. The van der Waals surface area contributed by atoms with Crippen LogP contribution in [0.15, 0.2) is 42.0 Å². The van der Waals surface area contributed by atoms with Gasteiger partial charge in [0, 0.05) is 44.1 Å². The molecule has 7 nitrogen and oxygen atoms in total. The lowest BCUT2D eigenvalue weighted by molar-refractivity contribution is -0.192. The number of hydrogen-bond donors (Lipinski definition) is 1. The van der Waals surface area contributed by atoms with Gasteiger partial charge in [0.05, 0.1) is 4.88 Å². The van der Waals surface area contributed by atoms with Gasteiger partial charge in [0.1, 0.15) is 0 Å². The fourth-order valence-corrected chi connectivity index (χ4v) is 4.79. The number of rotatable bonds is 2. The summed E-state index contributed by atoms with van der Waals surface area (Å²) in [6.07, 6.45) is 2.40. The number of aliphatic carboxylic acids is 1. The molecule has 4 rings (SSSR count). The molecule has 4 heterocycles. The van der Waals surface area contributed by atoms with Gasteiger partial charge in [-0.1, -0.05) is 6.07 Å². The number of nitrogens with zero attached hydrogens (tertiary/aromatic N) is 3. The van der Waals surface area contributed by atoms with Crippen molar-refractivity contribution in [2.24, 2.45) is 5.41 Å². The van der Waals surface area contributed by atoms with Crippen LogP contribution >= 0.6 is 11.3 Å². The second-order valence-electron chi connectivity index (χ2n) is 8.10. The number of thiophene rings is 1. The number of hydrogen-bond acceptors (Lipinski definition) is 5. The Bertz CT molecular complexity index is 949. The first-order valence-corrected chi connectivity index (χ1v) is 11.3. The van der Waals surface area contributed by atoms with Gasteiger partial charge in [-0.05, 0) is 54.7 Å². The Labute approximate surface area is 192 Å². The van der Waals surface area contributed by atoms with Crippen LogP contribution in [0.1, 0.15) is 45.7 Å².